The van der Waals surface area contributed by atoms with Gasteiger partial charge in [-0.15, -0.1) is 0 Å². The monoisotopic (exact) mass is 320 g/mol. The zero-order valence-corrected chi connectivity index (χ0v) is 13.7. The van der Waals surface area contributed by atoms with E-state index in [0.717, 1.165) is 19.7 Å². The van der Waals surface area contributed by atoms with Crippen molar-refractivity contribution in [3.8, 4) is 11.5 Å². The maximum absolute atomic E-state index is 12.4. The molecule has 2 heterocycles. The summed E-state index contributed by atoms with van der Waals surface area (Å²) in [5.74, 6) is 1.06. The summed E-state index contributed by atoms with van der Waals surface area (Å²) in [6.07, 6.45) is 2.53. The summed E-state index contributed by atoms with van der Waals surface area (Å²) in [4.78, 5) is 14.8. The zero-order chi connectivity index (χ0) is 16.2. The largest absolute Gasteiger partial charge is 0.497 e. The lowest BCUT2D eigenvalue weighted by Crippen LogP contribution is -2.50. The van der Waals surface area contributed by atoms with Crippen molar-refractivity contribution in [2.75, 3.05) is 40.5 Å². The second-order valence-corrected chi connectivity index (χ2v) is 6.06. The molecule has 1 amide bonds. The Morgan fingerprint density at radius 2 is 2.04 bits per heavy atom. The molecule has 2 saturated heterocycles. The number of rotatable bonds is 5. The van der Waals surface area contributed by atoms with Crippen LogP contribution in [-0.4, -0.2) is 63.4 Å². The molecule has 2 aliphatic rings. The normalized spacial score (nSPS) is 24.1. The SMILES string of the molecule is COc1cc(OC)cc(C(=O)NC[C@H]2CN3CCC[C@H]3CO2)c1. The van der Waals surface area contributed by atoms with E-state index in [1.165, 1.54) is 12.8 Å². The molecule has 0 unspecified atom stereocenters. The van der Waals surface area contributed by atoms with Crippen molar-refractivity contribution in [3.63, 3.8) is 0 Å². The lowest BCUT2D eigenvalue weighted by molar-refractivity contribution is -0.0461. The third kappa shape index (κ3) is 3.76. The van der Waals surface area contributed by atoms with Crippen LogP contribution < -0.4 is 14.8 Å². The molecule has 1 aromatic carbocycles. The number of hydrogen-bond acceptors (Lipinski definition) is 5. The van der Waals surface area contributed by atoms with E-state index in [0.29, 0.717) is 29.6 Å². The molecule has 2 atom stereocenters. The first-order chi connectivity index (χ1) is 11.2. The fourth-order valence-corrected chi connectivity index (χ4v) is 3.26. The minimum absolute atomic E-state index is 0.0563. The molecule has 0 spiro atoms. The van der Waals surface area contributed by atoms with Crippen molar-refractivity contribution in [2.45, 2.75) is 25.0 Å². The Kier molecular flexibility index (Phi) is 5.03. The van der Waals surface area contributed by atoms with Crippen LogP contribution in [0, 0.1) is 0 Å². The van der Waals surface area contributed by atoms with Crippen molar-refractivity contribution < 1.29 is 19.0 Å². The quantitative estimate of drug-likeness (QED) is 0.886. The van der Waals surface area contributed by atoms with E-state index in [4.69, 9.17) is 14.2 Å². The van der Waals surface area contributed by atoms with E-state index >= 15 is 0 Å². The number of morpholine rings is 1. The number of ether oxygens (including phenoxy) is 3. The van der Waals surface area contributed by atoms with Crippen molar-refractivity contribution in [3.05, 3.63) is 23.8 Å². The number of nitrogens with one attached hydrogen (secondary N) is 1. The number of methoxy groups -OCH3 is 2. The van der Waals surface area contributed by atoms with Gasteiger partial charge in [-0.05, 0) is 31.5 Å². The van der Waals surface area contributed by atoms with Gasteiger partial charge in [0, 0.05) is 30.8 Å². The standard InChI is InChI=1S/C17H24N2O4/c1-21-14-6-12(7-15(8-14)22-2)17(20)18-9-16-10-19-5-3-4-13(19)11-23-16/h6-8,13,16H,3-5,9-11H2,1-2H3,(H,18,20)/t13-,16-/m0/s1. The lowest BCUT2D eigenvalue weighted by atomic mass is 10.1. The minimum Gasteiger partial charge on any atom is -0.497 e. The Morgan fingerprint density at radius 1 is 1.30 bits per heavy atom. The van der Waals surface area contributed by atoms with Gasteiger partial charge in [-0.2, -0.15) is 0 Å². The summed E-state index contributed by atoms with van der Waals surface area (Å²) in [7, 11) is 3.14. The van der Waals surface area contributed by atoms with Gasteiger partial charge in [-0.25, -0.2) is 0 Å². The number of fused-ring (bicyclic) bond motifs is 1. The van der Waals surface area contributed by atoms with Gasteiger partial charge in [-0.3, -0.25) is 9.69 Å². The summed E-state index contributed by atoms with van der Waals surface area (Å²) in [5.41, 5.74) is 0.524. The zero-order valence-electron chi connectivity index (χ0n) is 13.7. The average molecular weight is 320 g/mol. The molecule has 6 heteroatoms. The Labute approximate surface area is 136 Å². The summed E-state index contributed by atoms with van der Waals surface area (Å²) >= 11 is 0. The van der Waals surface area contributed by atoms with Crippen LogP contribution in [0.2, 0.25) is 0 Å². The van der Waals surface area contributed by atoms with Crippen molar-refractivity contribution in [1.29, 1.82) is 0 Å². The average Bonchev–Trinajstić information content (AvgIpc) is 3.06. The van der Waals surface area contributed by atoms with Gasteiger partial charge in [-0.1, -0.05) is 0 Å². The molecule has 0 bridgehead atoms. The highest BCUT2D eigenvalue weighted by Crippen LogP contribution is 2.23. The lowest BCUT2D eigenvalue weighted by Gasteiger charge is -2.35. The Balaban J connectivity index is 1.57. The molecular weight excluding hydrogens is 296 g/mol. The molecule has 2 fully saturated rings. The van der Waals surface area contributed by atoms with Crippen molar-refractivity contribution >= 4 is 5.91 Å². The molecule has 0 saturated carbocycles. The van der Waals surface area contributed by atoms with Gasteiger partial charge < -0.3 is 19.5 Å². The van der Waals surface area contributed by atoms with Gasteiger partial charge in [0.05, 0.1) is 26.9 Å². The van der Waals surface area contributed by atoms with Gasteiger partial charge in [0.25, 0.3) is 5.91 Å². The molecule has 1 aromatic rings. The van der Waals surface area contributed by atoms with E-state index in [2.05, 4.69) is 10.2 Å². The first-order valence-corrected chi connectivity index (χ1v) is 8.06. The maximum Gasteiger partial charge on any atom is 0.251 e. The van der Waals surface area contributed by atoms with Crippen LogP contribution in [0.1, 0.15) is 23.2 Å². The molecule has 23 heavy (non-hydrogen) atoms. The van der Waals surface area contributed by atoms with E-state index in [-0.39, 0.29) is 12.0 Å². The summed E-state index contributed by atoms with van der Waals surface area (Å²) in [6, 6.07) is 5.73. The third-order valence-electron chi connectivity index (χ3n) is 4.57. The van der Waals surface area contributed by atoms with Crippen LogP contribution in [0.3, 0.4) is 0 Å². The van der Waals surface area contributed by atoms with Crippen LogP contribution >= 0.6 is 0 Å². The highest BCUT2D eigenvalue weighted by atomic mass is 16.5. The molecule has 2 aliphatic heterocycles. The van der Waals surface area contributed by atoms with Crippen LogP contribution in [0.4, 0.5) is 0 Å². The topological polar surface area (TPSA) is 60.0 Å². The van der Waals surface area contributed by atoms with E-state index in [1.807, 2.05) is 0 Å². The number of amides is 1. The Morgan fingerprint density at radius 3 is 2.74 bits per heavy atom. The van der Waals surface area contributed by atoms with Crippen LogP contribution in [0.5, 0.6) is 11.5 Å². The van der Waals surface area contributed by atoms with Crippen LogP contribution in [-0.2, 0) is 4.74 Å². The molecule has 6 nitrogen and oxygen atoms in total. The Hall–Kier alpha value is -1.79. The number of carbonyl (C=O) groups is 1. The molecule has 0 radical (unpaired) electrons. The molecule has 0 aromatic heterocycles. The summed E-state index contributed by atoms with van der Waals surface area (Å²) in [5, 5.41) is 2.95. The van der Waals surface area contributed by atoms with Gasteiger partial charge >= 0.3 is 0 Å². The minimum atomic E-state index is -0.144. The van der Waals surface area contributed by atoms with E-state index < -0.39 is 0 Å². The van der Waals surface area contributed by atoms with Crippen LogP contribution in [0.15, 0.2) is 18.2 Å². The predicted molar refractivity (Wildman–Crippen MR) is 86.2 cm³/mol. The molecule has 3 rings (SSSR count). The van der Waals surface area contributed by atoms with E-state index in [9.17, 15) is 4.79 Å². The number of nitrogens with zero attached hydrogens (tertiary/aromatic N) is 1. The third-order valence-corrected chi connectivity index (χ3v) is 4.57. The van der Waals surface area contributed by atoms with Gasteiger partial charge in [0.2, 0.25) is 0 Å². The number of benzene rings is 1. The first-order valence-electron chi connectivity index (χ1n) is 8.06. The fourth-order valence-electron chi connectivity index (χ4n) is 3.26. The second-order valence-electron chi connectivity index (χ2n) is 6.06. The number of carbonyl (C=O) groups excluding carboxylic acids is 1. The predicted octanol–water partition coefficient (Wildman–Crippen LogP) is 1.30. The molecule has 126 valence electrons. The summed E-state index contributed by atoms with van der Waals surface area (Å²) < 4.78 is 16.3. The second kappa shape index (κ2) is 7.19. The fraction of sp³-hybridized carbons (Fsp3) is 0.588. The highest BCUT2D eigenvalue weighted by Gasteiger charge is 2.32. The van der Waals surface area contributed by atoms with Gasteiger partial charge in [0.1, 0.15) is 11.5 Å². The van der Waals surface area contributed by atoms with Crippen LogP contribution in [0.25, 0.3) is 0 Å². The number of hydrogen-bond donors (Lipinski definition) is 1. The van der Waals surface area contributed by atoms with Crippen molar-refractivity contribution in [1.82, 2.24) is 10.2 Å². The van der Waals surface area contributed by atoms with Gasteiger partial charge in [0.15, 0.2) is 0 Å². The molecule has 0 aliphatic carbocycles. The smallest absolute Gasteiger partial charge is 0.251 e. The Bertz CT molecular complexity index is 541. The maximum atomic E-state index is 12.4. The van der Waals surface area contributed by atoms with E-state index in [1.54, 1.807) is 32.4 Å². The molecular formula is C17H24N2O4. The first kappa shape index (κ1) is 16.1. The highest BCUT2D eigenvalue weighted by molar-refractivity contribution is 5.95. The molecule has 1 N–H and O–H groups in total. The van der Waals surface area contributed by atoms with Crippen molar-refractivity contribution in [2.24, 2.45) is 0 Å². The summed E-state index contributed by atoms with van der Waals surface area (Å²) in [6.45, 7) is 3.33.